The fourth-order valence-electron chi connectivity index (χ4n) is 3.22. The topological polar surface area (TPSA) is 44.1 Å². The molecule has 1 saturated carbocycles. The molecule has 1 fully saturated rings. The van der Waals surface area contributed by atoms with Gasteiger partial charge in [0.15, 0.2) is 0 Å². The van der Waals surface area contributed by atoms with Crippen molar-refractivity contribution in [3.05, 3.63) is 52.5 Å². The van der Waals surface area contributed by atoms with Crippen molar-refractivity contribution in [2.45, 2.75) is 43.9 Å². The van der Waals surface area contributed by atoms with Crippen molar-refractivity contribution in [3.8, 4) is 0 Å². The second kappa shape index (κ2) is 10.8. The lowest BCUT2D eigenvalue weighted by molar-refractivity contribution is 0.233. The summed E-state index contributed by atoms with van der Waals surface area (Å²) >= 11 is 14.6. The van der Waals surface area contributed by atoms with Crippen LogP contribution in [0.15, 0.2) is 36.9 Å². The van der Waals surface area contributed by atoms with Gasteiger partial charge in [0.2, 0.25) is 0 Å². The highest BCUT2D eigenvalue weighted by atomic mass is 35.5. The van der Waals surface area contributed by atoms with Crippen LogP contribution in [0, 0.1) is 5.92 Å². The summed E-state index contributed by atoms with van der Waals surface area (Å²) in [7, 11) is 0. The van der Waals surface area contributed by atoms with Gasteiger partial charge in [0, 0.05) is 29.0 Å². The maximum absolute atomic E-state index is 12.5. The van der Waals surface area contributed by atoms with Crippen LogP contribution in [0.3, 0.4) is 0 Å². The van der Waals surface area contributed by atoms with Crippen LogP contribution in [-0.2, 0) is 10.7 Å². The lowest BCUT2D eigenvalue weighted by Gasteiger charge is -2.21. The fourth-order valence-corrected chi connectivity index (χ4v) is 5.64. The molecule has 1 aliphatic rings. The number of carbonyl (C=O) groups is 1. The molecule has 0 bridgehead atoms. The monoisotopic (exact) mass is 444 g/mol. The van der Waals surface area contributed by atoms with Gasteiger partial charge in [-0.3, -0.25) is 4.79 Å². The molecule has 0 saturated heterocycles. The highest BCUT2D eigenvalue weighted by Gasteiger charge is 2.22. The van der Waals surface area contributed by atoms with E-state index < -0.39 is 0 Å². The van der Waals surface area contributed by atoms with E-state index in [0.717, 1.165) is 17.6 Å². The zero-order valence-corrected chi connectivity index (χ0v) is 18.0. The molecule has 1 aliphatic carbocycles. The van der Waals surface area contributed by atoms with E-state index in [0.29, 0.717) is 29.1 Å². The van der Waals surface area contributed by atoms with Crippen molar-refractivity contribution in [2.75, 3.05) is 6.61 Å². The van der Waals surface area contributed by atoms with E-state index in [1.54, 1.807) is 24.7 Å². The Labute approximate surface area is 178 Å². The first-order valence-corrected chi connectivity index (χ1v) is 11.4. The zero-order valence-electron chi connectivity index (χ0n) is 14.9. The third-order valence-corrected chi connectivity index (χ3v) is 6.96. The molecule has 1 heterocycles. The molecule has 1 atom stereocenters. The summed E-state index contributed by atoms with van der Waals surface area (Å²) in [6.07, 6.45) is 11.6. The van der Waals surface area contributed by atoms with Crippen molar-refractivity contribution in [3.63, 3.8) is 0 Å². The minimum atomic E-state index is -0.151. The Morgan fingerprint density at radius 2 is 2.11 bits per heavy atom. The molecular formula is C19H22Cl2N2O2S2. The average Bonchev–Trinajstić information content (AvgIpc) is 3.15. The first-order valence-electron chi connectivity index (χ1n) is 9.02. The molecule has 1 aromatic heterocycles. The van der Waals surface area contributed by atoms with Crippen molar-refractivity contribution in [1.82, 2.24) is 9.55 Å². The number of rotatable bonds is 7. The van der Waals surface area contributed by atoms with Crippen molar-refractivity contribution < 1.29 is 8.98 Å². The molecule has 1 unspecified atom stereocenters. The van der Waals surface area contributed by atoms with E-state index in [-0.39, 0.29) is 9.70 Å². The summed E-state index contributed by atoms with van der Waals surface area (Å²) < 4.78 is 7.50. The van der Waals surface area contributed by atoms with Gasteiger partial charge >= 0.3 is 0 Å². The summed E-state index contributed by atoms with van der Waals surface area (Å²) in [6, 6.07) is 5.37. The Kier molecular flexibility index (Phi) is 8.40. The van der Waals surface area contributed by atoms with Crippen LogP contribution >= 0.6 is 47.0 Å². The third kappa shape index (κ3) is 6.71. The molecule has 2 aromatic rings. The van der Waals surface area contributed by atoms with Gasteiger partial charge in [-0.05, 0) is 36.5 Å². The highest BCUT2D eigenvalue weighted by Crippen LogP contribution is 2.39. The van der Waals surface area contributed by atoms with Gasteiger partial charge in [-0.15, -0.1) is 0 Å². The smallest absolute Gasteiger partial charge is 0.273 e. The van der Waals surface area contributed by atoms with Crippen molar-refractivity contribution in [2.24, 2.45) is 5.92 Å². The molecule has 0 amide bonds. The SMILES string of the molecule is O=C(SOCC1CCCCC1)SC(Cn1ccnc1)c1ccc(Cl)cc1Cl. The quantitative estimate of drug-likeness (QED) is 0.428. The number of benzene rings is 1. The largest absolute Gasteiger partial charge is 0.336 e. The minimum absolute atomic E-state index is 0.0676. The van der Waals surface area contributed by atoms with E-state index in [9.17, 15) is 4.79 Å². The standard InChI is InChI=1S/C19H22Cl2N2O2S2/c20-15-6-7-16(17(21)10-15)18(11-23-9-8-22-13-23)26-19(24)27-25-12-14-4-2-1-3-5-14/h6-10,13-14,18H,1-5,11-12H2. The van der Waals surface area contributed by atoms with Gasteiger partial charge in [0.05, 0.1) is 30.2 Å². The van der Waals surface area contributed by atoms with E-state index >= 15 is 0 Å². The number of hydrogen-bond donors (Lipinski definition) is 0. The second-order valence-electron chi connectivity index (χ2n) is 6.65. The number of imidazole rings is 1. The first-order chi connectivity index (χ1) is 13.1. The summed E-state index contributed by atoms with van der Waals surface area (Å²) in [5.74, 6) is 0.580. The molecular weight excluding hydrogens is 423 g/mol. The number of hydrogen-bond acceptors (Lipinski definition) is 5. The molecule has 0 spiro atoms. The van der Waals surface area contributed by atoms with Crippen LogP contribution in [0.25, 0.3) is 0 Å². The summed E-state index contributed by atoms with van der Waals surface area (Å²) in [4.78, 5) is 16.6. The van der Waals surface area contributed by atoms with Gasteiger partial charge in [-0.1, -0.05) is 60.3 Å². The van der Waals surface area contributed by atoms with Gasteiger partial charge in [-0.25, -0.2) is 4.98 Å². The van der Waals surface area contributed by atoms with Crippen LogP contribution in [-0.4, -0.2) is 20.6 Å². The predicted molar refractivity (Wildman–Crippen MR) is 115 cm³/mol. The summed E-state index contributed by atoms with van der Waals surface area (Å²) in [6.45, 7) is 1.23. The van der Waals surface area contributed by atoms with Crippen LogP contribution in [0.1, 0.15) is 42.9 Å². The Morgan fingerprint density at radius 3 is 2.81 bits per heavy atom. The maximum Gasteiger partial charge on any atom is 0.273 e. The van der Waals surface area contributed by atoms with Gasteiger partial charge in [-0.2, -0.15) is 0 Å². The number of carbonyl (C=O) groups excluding carboxylic acids is 1. The Bertz CT molecular complexity index is 737. The van der Waals surface area contributed by atoms with E-state index in [2.05, 4.69) is 4.98 Å². The molecule has 0 aliphatic heterocycles. The maximum atomic E-state index is 12.5. The van der Waals surface area contributed by atoms with Gasteiger partial charge in [0.25, 0.3) is 4.45 Å². The van der Waals surface area contributed by atoms with Gasteiger partial charge in [0.1, 0.15) is 0 Å². The molecule has 146 valence electrons. The van der Waals surface area contributed by atoms with Crippen molar-refractivity contribution >= 4 is 51.5 Å². The average molecular weight is 445 g/mol. The Hall–Kier alpha value is -0.660. The Balaban J connectivity index is 1.59. The molecule has 1 aromatic carbocycles. The number of aromatic nitrogens is 2. The zero-order chi connectivity index (χ0) is 19.1. The first kappa shape index (κ1) is 21.1. The molecule has 3 rings (SSSR count). The number of halogens is 2. The van der Waals surface area contributed by atoms with Crippen LogP contribution in [0.4, 0.5) is 4.79 Å². The normalized spacial score (nSPS) is 16.4. The number of nitrogens with zero attached hydrogens (tertiary/aromatic N) is 2. The van der Waals surface area contributed by atoms with E-state index in [4.69, 9.17) is 27.4 Å². The molecule has 4 nitrogen and oxygen atoms in total. The predicted octanol–water partition coefficient (Wildman–Crippen LogP) is 7.03. The number of thioether (sulfide) groups is 1. The van der Waals surface area contributed by atoms with Gasteiger partial charge < -0.3 is 8.75 Å². The molecule has 8 heteroatoms. The minimum Gasteiger partial charge on any atom is -0.336 e. The fraction of sp³-hybridized carbons (Fsp3) is 0.474. The third-order valence-electron chi connectivity index (χ3n) is 4.64. The van der Waals surface area contributed by atoms with Crippen molar-refractivity contribution in [1.29, 1.82) is 0 Å². The summed E-state index contributed by atoms with van der Waals surface area (Å²) in [5.41, 5.74) is 0.876. The molecule has 27 heavy (non-hydrogen) atoms. The van der Waals surface area contributed by atoms with E-state index in [1.165, 1.54) is 43.9 Å². The molecule has 0 N–H and O–H groups in total. The van der Waals surface area contributed by atoms with E-state index in [1.807, 2.05) is 16.8 Å². The highest BCUT2D eigenvalue weighted by molar-refractivity contribution is 8.36. The lowest BCUT2D eigenvalue weighted by Crippen LogP contribution is -2.12. The summed E-state index contributed by atoms with van der Waals surface area (Å²) in [5, 5.41) is 0.981. The second-order valence-corrected chi connectivity index (χ2v) is 9.70. The van der Waals surface area contributed by atoms with Crippen LogP contribution < -0.4 is 0 Å². The Morgan fingerprint density at radius 1 is 1.30 bits per heavy atom. The molecule has 0 radical (unpaired) electrons. The lowest BCUT2D eigenvalue weighted by atomic mass is 9.90. The van der Waals surface area contributed by atoms with Crippen LogP contribution in [0.2, 0.25) is 10.0 Å². The van der Waals surface area contributed by atoms with Crippen LogP contribution in [0.5, 0.6) is 0 Å².